The minimum absolute atomic E-state index is 0.302. The molecule has 0 saturated carbocycles. The number of carbonyl (C=O) groups is 1. The van der Waals surface area contributed by atoms with Crippen molar-refractivity contribution in [3.63, 3.8) is 0 Å². The van der Waals surface area contributed by atoms with Gasteiger partial charge in [-0.15, -0.1) is 0 Å². The molecule has 0 unspecified atom stereocenters. The van der Waals surface area contributed by atoms with Gasteiger partial charge >= 0.3 is 11.8 Å². The maximum absolute atomic E-state index is 13.0. The summed E-state index contributed by atoms with van der Waals surface area (Å²) < 4.78 is 7.28. The van der Waals surface area contributed by atoms with E-state index in [9.17, 15) is 4.79 Å². The number of hydrogen-bond donors (Lipinski definition) is 0. The molecule has 0 amide bonds. The Kier molecular flexibility index (Phi) is 5.66. The summed E-state index contributed by atoms with van der Waals surface area (Å²) in [4.78, 5) is 17.6. The van der Waals surface area contributed by atoms with Crippen LogP contribution in [0.2, 0.25) is 0 Å². The summed E-state index contributed by atoms with van der Waals surface area (Å²) in [5.74, 6) is 0.289. The SMILES string of the molecule is CCOC(=O)c1cc(-c2ccccc2)cc(-c2ccccc2)[n+]1-c1ccc(C)cn1. The van der Waals surface area contributed by atoms with Crippen LogP contribution in [0.25, 0.3) is 28.2 Å². The monoisotopic (exact) mass is 395 g/mol. The smallest absolute Gasteiger partial charge is 0.378 e. The summed E-state index contributed by atoms with van der Waals surface area (Å²) in [5.41, 5.74) is 5.33. The van der Waals surface area contributed by atoms with E-state index >= 15 is 0 Å². The molecule has 4 heteroatoms. The van der Waals surface area contributed by atoms with Gasteiger partial charge in [-0.1, -0.05) is 60.7 Å². The summed E-state index contributed by atoms with van der Waals surface area (Å²) in [6, 6.07) is 27.9. The molecule has 2 aromatic heterocycles. The van der Waals surface area contributed by atoms with Gasteiger partial charge in [0.2, 0.25) is 5.69 Å². The highest BCUT2D eigenvalue weighted by Gasteiger charge is 2.26. The van der Waals surface area contributed by atoms with Crippen LogP contribution in [0.1, 0.15) is 23.0 Å². The molecule has 2 heterocycles. The molecule has 4 rings (SSSR count). The first-order valence-corrected chi connectivity index (χ1v) is 9.98. The van der Waals surface area contributed by atoms with Crippen molar-refractivity contribution >= 4 is 5.97 Å². The lowest BCUT2D eigenvalue weighted by atomic mass is 10.0. The highest BCUT2D eigenvalue weighted by molar-refractivity contribution is 5.88. The van der Waals surface area contributed by atoms with Gasteiger partial charge in [0.05, 0.1) is 6.61 Å². The third-order valence-electron chi connectivity index (χ3n) is 4.85. The summed E-state index contributed by atoms with van der Waals surface area (Å²) in [5, 5.41) is 0. The quantitative estimate of drug-likeness (QED) is 0.346. The number of benzene rings is 2. The Morgan fingerprint density at radius 1 is 0.867 bits per heavy atom. The zero-order chi connectivity index (χ0) is 20.9. The third kappa shape index (κ3) is 3.98. The van der Waals surface area contributed by atoms with E-state index in [-0.39, 0.29) is 5.97 Å². The highest BCUT2D eigenvalue weighted by atomic mass is 16.5. The average molecular weight is 395 g/mol. The fraction of sp³-hybridized carbons (Fsp3) is 0.115. The molecular weight excluding hydrogens is 372 g/mol. The van der Waals surface area contributed by atoms with E-state index in [1.807, 2.05) is 97.3 Å². The van der Waals surface area contributed by atoms with Gasteiger partial charge in [0, 0.05) is 17.7 Å². The number of esters is 1. The number of carbonyl (C=O) groups excluding carboxylic acids is 1. The number of pyridine rings is 2. The van der Waals surface area contributed by atoms with Gasteiger partial charge in [0.25, 0.3) is 0 Å². The highest BCUT2D eigenvalue weighted by Crippen LogP contribution is 2.26. The van der Waals surface area contributed by atoms with Crippen molar-refractivity contribution in [1.29, 1.82) is 0 Å². The first-order chi connectivity index (χ1) is 14.7. The molecule has 0 spiro atoms. The van der Waals surface area contributed by atoms with Crippen LogP contribution >= 0.6 is 0 Å². The molecule has 2 aromatic carbocycles. The van der Waals surface area contributed by atoms with Crippen LogP contribution in [0.4, 0.5) is 0 Å². The van der Waals surface area contributed by atoms with Gasteiger partial charge in [-0.2, -0.15) is 4.57 Å². The number of rotatable bonds is 5. The van der Waals surface area contributed by atoms with E-state index in [4.69, 9.17) is 4.74 Å². The molecule has 4 aromatic rings. The van der Waals surface area contributed by atoms with Crippen molar-refractivity contribution in [3.05, 3.63) is 102 Å². The van der Waals surface area contributed by atoms with Crippen molar-refractivity contribution in [2.75, 3.05) is 6.61 Å². The van der Waals surface area contributed by atoms with E-state index in [1.165, 1.54) is 0 Å². The van der Waals surface area contributed by atoms with E-state index in [2.05, 4.69) is 11.1 Å². The molecule has 148 valence electrons. The van der Waals surface area contributed by atoms with Crippen LogP contribution in [-0.4, -0.2) is 17.6 Å². The second-order valence-corrected chi connectivity index (χ2v) is 7.00. The molecule has 0 bridgehead atoms. The fourth-order valence-corrected chi connectivity index (χ4v) is 3.41. The molecule has 0 atom stereocenters. The van der Waals surface area contributed by atoms with Crippen molar-refractivity contribution in [2.45, 2.75) is 13.8 Å². The molecule has 0 saturated heterocycles. The van der Waals surface area contributed by atoms with Crippen molar-refractivity contribution in [2.24, 2.45) is 0 Å². The van der Waals surface area contributed by atoms with Gasteiger partial charge in [0.15, 0.2) is 0 Å². The van der Waals surface area contributed by atoms with E-state index in [1.54, 1.807) is 6.20 Å². The molecule has 0 fully saturated rings. The molecular formula is C26H23N2O2+. The van der Waals surface area contributed by atoms with Crippen LogP contribution in [0.3, 0.4) is 0 Å². The Morgan fingerprint density at radius 3 is 2.13 bits per heavy atom. The number of nitrogens with zero attached hydrogens (tertiary/aromatic N) is 2. The lowest BCUT2D eigenvalue weighted by molar-refractivity contribution is -0.591. The van der Waals surface area contributed by atoms with Gasteiger partial charge in [0.1, 0.15) is 11.9 Å². The maximum atomic E-state index is 13.0. The summed E-state index contributed by atoms with van der Waals surface area (Å²) in [6.07, 6.45) is 1.80. The lowest BCUT2D eigenvalue weighted by Gasteiger charge is -2.13. The first-order valence-electron chi connectivity index (χ1n) is 9.98. The molecule has 0 aliphatic carbocycles. The second kappa shape index (κ2) is 8.70. The van der Waals surface area contributed by atoms with Crippen LogP contribution < -0.4 is 4.57 Å². The van der Waals surface area contributed by atoms with Crippen LogP contribution in [0.5, 0.6) is 0 Å². The van der Waals surface area contributed by atoms with E-state index in [0.717, 1.165) is 27.9 Å². The number of aromatic nitrogens is 2. The largest absolute Gasteiger partial charge is 0.460 e. The van der Waals surface area contributed by atoms with Gasteiger partial charge in [-0.25, -0.2) is 4.79 Å². The van der Waals surface area contributed by atoms with Crippen LogP contribution in [0, 0.1) is 6.92 Å². The number of aryl methyl sites for hydroxylation is 1. The molecule has 0 aliphatic heterocycles. The number of hydrogen-bond acceptors (Lipinski definition) is 3. The Labute approximate surface area is 176 Å². The van der Waals surface area contributed by atoms with Crippen LogP contribution in [0.15, 0.2) is 91.1 Å². The molecule has 30 heavy (non-hydrogen) atoms. The van der Waals surface area contributed by atoms with Crippen molar-refractivity contribution < 1.29 is 14.1 Å². The van der Waals surface area contributed by atoms with Crippen molar-refractivity contribution in [1.82, 2.24) is 4.98 Å². The van der Waals surface area contributed by atoms with Gasteiger partial charge in [-0.3, -0.25) is 0 Å². The minimum Gasteiger partial charge on any atom is -0.460 e. The predicted molar refractivity (Wildman–Crippen MR) is 117 cm³/mol. The summed E-state index contributed by atoms with van der Waals surface area (Å²) in [6.45, 7) is 4.10. The zero-order valence-electron chi connectivity index (χ0n) is 17.1. The maximum Gasteiger partial charge on any atom is 0.378 e. The topological polar surface area (TPSA) is 43.1 Å². The fourth-order valence-electron chi connectivity index (χ4n) is 3.41. The Balaban J connectivity index is 2.04. The summed E-state index contributed by atoms with van der Waals surface area (Å²) >= 11 is 0. The number of ether oxygens (including phenoxy) is 1. The first kappa shape index (κ1) is 19.5. The van der Waals surface area contributed by atoms with E-state index in [0.29, 0.717) is 18.1 Å². The molecule has 4 nitrogen and oxygen atoms in total. The van der Waals surface area contributed by atoms with Crippen molar-refractivity contribution in [3.8, 4) is 28.2 Å². The Bertz CT molecular complexity index is 1160. The predicted octanol–water partition coefficient (Wildman–Crippen LogP) is 5.18. The average Bonchev–Trinajstić information content (AvgIpc) is 2.80. The Morgan fingerprint density at radius 2 is 1.53 bits per heavy atom. The second-order valence-electron chi connectivity index (χ2n) is 7.00. The lowest BCUT2D eigenvalue weighted by Crippen LogP contribution is -2.42. The normalized spacial score (nSPS) is 10.6. The molecule has 0 N–H and O–H groups in total. The van der Waals surface area contributed by atoms with Gasteiger partial charge < -0.3 is 4.74 Å². The minimum atomic E-state index is -0.380. The third-order valence-corrected chi connectivity index (χ3v) is 4.85. The van der Waals surface area contributed by atoms with Gasteiger partial charge in [-0.05, 0) is 47.7 Å². The molecule has 0 radical (unpaired) electrons. The standard InChI is InChI=1S/C26H23N2O2/c1-3-30-26(29)24-17-22(20-10-6-4-7-11-20)16-23(21-12-8-5-9-13-21)28(24)25-15-14-19(2)18-27-25/h4-18H,3H2,1-2H3/q+1. The Hall–Kier alpha value is -3.79. The zero-order valence-corrected chi connectivity index (χ0v) is 17.1. The summed E-state index contributed by atoms with van der Waals surface area (Å²) in [7, 11) is 0. The molecule has 0 aliphatic rings. The van der Waals surface area contributed by atoms with E-state index < -0.39 is 0 Å². The van der Waals surface area contributed by atoms with Crippen LogP contribution in [-0.2, 0) is 4.74 Å².